The zero-order valence-electron chi connectivity index (χ0n) is 12.3. The zero-order chi connectivity index (χ0) is 13.9. The molecular weight excluding hydrogens is 302 g/mol. The fourth-order valence-electron chi connectivity index (χ4n) is 2.16. The smallest absolute Gasteiger partial charge is 0.119 e. The van der Waals surface area contributed by atoms with Crippen molar-refractivity contribution in [1.29, 1.82) is 0 Å². The summed E-state index contributed by atoms with van der Waals surface area (Å²) >= 11 is 3.42. The van der Waals surface area contributed by atoms with Gasteiger partial charge in [0.05, 0.1) is 26.2 Å². The van der Waals surface area contributed by atoms with Crippen molar-refractivity contribution in [1.82, 2.24) is 0 Å². The highest BCUT2D eigenvalue weighted by Crippen LogP contribution is 2.16. The number of ether oxygens (including phenoxy) is 1. The summed E-state index contributed by atoms with van der Waals surface area (Å²) in [4.78, 5) is 1.71. The van der Waals surface area contributed by atoms with E-state index in [-0.39, 0.29) is 0 Å². The first-order valence-corrected chi connectivity index (χ1v) is 8.27. The van der Waals surface area contributed by atoms with Gasteiger partial charge < -0.3 is 9.64 Å². The molecular formula is C16H27BrNO+. The van der Waals surface area contributed by atoms with Crippen LogP contribution in [0.25, 0.3) is 0 Å². The number of nitrogens with one attached hydrogen (secondary N) is 1. The highest BCUT2D eigenvalue weighted by atomic mass is 79.9. The number of quaternary nitrogens is 1. The van der Waals surface area contributed by atoms with Crippen LogP contribution in [0.4, 0.5) is 0 Å². The monoisotopic (exact) mass is 328 g/mol. The fourth-order valence-corrected chi connectivity index (χ4v) is 2.42. The Hall–Kier alpha value is -0.540. The summed E-state index contributed by atoms with van der Waals surface area (Å²) in [5.74, 6) is 0.968. The summed E-state index contributed by atoms with van der Waals surface area (Å²) in [6, 6.07) is 8.05. The maximum atomic E-state index is 5.70. The third kappa shape index (κ3) is 7.58. The van der Waals surface area contributed by atoms with Crippen LogP contribution in [0.2, 0.25) is 0 Å². The molecule has 108 valence electrons. The third-order valence-electron chi connectivity index (χ3n) is 3.51. The minimum atomic E-state index is 0.833. The number of hydrogen-bond acceptors (Lipinski definition) is 1. The molecule has 0 atom stereocenters. The maximum Gasteiger partial charge on any atom is 0.119 e. The van der Waals surface area contributed by atoms with Gasteiger partial charge in [-0.1, -0.05) is 15.9 Å². The normalized spacial score (nSPS) is 10.9. The van der Waals surface area contributed by atoms with E-state index in [0.717, 1.165) is 23.2 Å². The summed E-state index contributed by atoms with van der Waals surface area (Å²) in [5, 5.41) is 0. The average Bonchev–Trinajstić information content (AvgIpc) is 2.44. The average molecular weight is 329 g/mol. The minimum absolute atomic E-state index is 0.833. The molecule has 0 bridgehead atoms. The Morgan fingerprint density at radius 3 is 2.21 bits per heavy atom. The van der Waals surface area contributed by atoms with Gasteiger partial charge in [-0.2, -0.15) is 0 Å². The van der Waals surface area contributed by atoms with Crippen molar-refractivity contribution in [3.63, 3.8) is 0 Å². The van der Waals surface area contributed by atoms with Gasteiger partial charge in [0, 0.05) is 4.47 Å². The van der Waals surface area contributed by atoms with Gasteiger partial charge in [-0.3, -0.25) is 0 Å². The molecule has 0 saturated carbocycles. The maximum absolute atomic E-state index is 5.70. The van der Waals surface area contributed by atoms with Crippen LogP contribution < -0.4 is 9.64 Å². The fraction of sp³-hybridized carbons (Fsp3) is 0.625. The van der Waals surface area contributed by atoms with Gasteiger partial charge in [-0.25, -0.2) is 0 Å². The van der Waals surface area contributed by atoms with Crippen molar-refractivity contribution < 1.29 is 9.64 Å². The van der Waals surface area contributed by atoms with E-state index in [2.05, 4.69) is 29.8 Å². The van der Waals surface area contributed by atoms with Gasteiger partial charge in [-0.05, 0) is 63.8 Å². The van der Waals surface area contributed by atoms with Crippen molar-refractivity contribution >= 4 is 15.9 Å². The zero-order valence-corrected chi connectivity index (χ0v) is 13.8. The quantitative estimate of drug-likeness (QED) is 0.650. The Balaban J connectivity index is 1.98. The van der Waals surface area contributed by atoms with Crippen LogP contribution in [0.15, 0.2) is 28.7 Å². The first-order valence-electron chi connectivity index (χ1n) is 7.48. The number of hydrogen-bond donors (Lipinski definition) is 1. The van der Waals surface area contributed by atoms with Crippen LogP contribution in [-0.4, -0.2) is 26.2 Å². The van der Waals surface area contributed by atoms with E-state index in [9.17, 15) is 0 Å². The molecule has 0 aromatic heterocycles. The van der Waals surface area contributed by atoms with Crippen molar-refractivity contribution in [2.24, 2.45) is 0 Å². The standard InChI is InChI=1S/C16H26BrNO/c1-3-18(4-2)13-7-5-6-8-14-19-16-11-9-15(17)10-12-16/h9-12H,3-8,13-14H2,1-2H3/p+1. The first-order chi connectivity index (χ1) is 9.26. The molecule has 0 radical (unpaired) electrons. The topological polar surface area (TPSA) is 13.7 Å². The third-order valence-corrected chi connectivity index (χ3v) is 4.04. The molecule has 0 aliphatic carbocycles. The first kappa shape index (κ1) is 16.5. The van der Waals surface area contributed by atoms with Gasteiger partial charge in [0.2, 0.25) is 0 Å². The molecule has 1 aromatic carbocycles. The lowest BCUT2D eigenvalue weighted by Crippen LogP contribution is -3.11. The lowest BCUT2D eigenvalue weighted by Gasteiger charge is -2.14. The van der Waals surface area contributed by atoms with Crippen LogP contribution in [0, 0.1) is 0 Å². The Morgan fingerprint density at radius 1 is 0.947 bits per heavy atom. The highest BCUT2D eigenvalue weighted by molar-refractivity contribution is 9.10. The summed E-state index contributed by atoms with van der Waals surface area (Å²) in [7, 11) is 0. The Labute approximate surface area is 126 Å². The molecule has 0 heterocycles. The van der Waals surface area contributed by atoms with Gasteiger partial charge in [0.25, 0.3) is 0 Å². The van der Waals surface area contributed by atoms with Crippen molar-refractivity contribution in [3.05, 3.63) is 28.7 Å². The summed E-state index contributed by atoms with van der Waals surface area (Å²) in [5.41, 5.74) is 0. The van der Waals surface area contributed by atoms with E-state index >= 15 is 0 Å². The van der Waals surface area contributed by atoms with Crippen molar-refractivity contribution in [3.8, 4) is 5.75 Å². The van der Waals surface area contributed by atoms with Gasteiger partial charge in [-0.15, -0.1) is 0 Å². The molecule has 2 nitrogen and oxygen atoms in total. The predicted molar refractivity (Wildman–Crippen MR) is 85.0 cm³/mol. The molecule has 0 aliphatic rings. The lowest BCUT2D eigenvalue weighted by molar-refractivity contribution is -0.896. The lowest BCUT2D eigenvalue weighted by atomic mass is 10.2. The molecule has 0 aliphatic heterocycles. The van der Waals surface area contributed by atoms with Crippen LogP contribution >= 0.6 is 15.9 Å². The molecule has 1 rings (SSSR count). The Bertz CT molecular complexity index is 322. The largest absolute Gasteiger partial charge is 0.494 e. The molecule has 0 saturated heterocycles. The van der Waals surface area contributed by atoms with Gasteiger partial charge in [0.1, 0.15) is 5.75 Å². The van der Waals surface area contributed by atoms with E-state index < -0.39 is 0 Å². The summed E-state index contributed by atoms with van der Waals surface area (Å²) in [6.45, 7) is 9.20. The highest BCUT2D eigenvalue weighted by Gasteiger charge is 2.01. The van der Waals surface area contributed by atoms with E-state index in [4.69, 9.17) is 4.74 Å². The van der Waals surface area contributed by atoms with E-state index in [1.165, 1.54) is 38.9 Å². The van der Waals surface area contributed by atoms with E-state index in [0.29, 0.717) is 0 Å². The van der Waals surface area contributed by atoms with Crippen LogP contribution in [0.1, 0.15) is 39.5 Å². The van der Waals surface area contributed by atoms with Gasteiger partial charge >= 0.3 is 0 Å². The van der Waals surface area contributed by atoms with E-state index in [1.54, 1.807) is 4.90 Å². The van der Waals surface area contributed by atoms with Crippen LogP contribution in [0.3, 0.4) is 0 Å². The molecule has 19 heavy (non-hydrogen) atoms. The molecule has 0 spiro atoms. The minimum Gasteiger partial charge on any atom is -0.494 e. The van der Waals surface area contributed by atoms with Crippen LogP contribution in [-0.2, 0) is 0 Å². The summed E-state index contributed by atoms with van der Waals surface area (Å²) < 4.78 is 6.80. The second kappa shape index (κ2) is 10.3. The predicted octanol–water partition coefficient (Wildman–Crippen LogP) is 3.31. The number of benzene rings is 1. The Kier molecular flexibility index (Phi) is 8.93. The SMILES string of the molecule is CC[NH+](CC)CCCCCCOc1ccc(Br)cc1. The molecule has 1 aromatic rings. The molecule has 3 heteroatoms. The van der Waals surface area contributed by atoms with E-state index in [1.807, 2.05) is 24.3 Å². The molecule has 1 N–H and O–H groups in total. The van der Waals surface area contributed by atoms with Crippen LogP contribution in [0.5, 0.6) is 5.75 Å². The molecule has 0 amide bonds. The van der Waals surface area contributed by atoms with Crippen molar-refractivity contribution in [2.75, 3.05) is 26.2 Å². The second-order valence-electron chi connectivity index (χ2n) is 4.92. The Morgan fingerprint density at radius 2 is 1.58 bits per heavy atom. The van der Waals surface area contributed by atoms with Crippen molar-refractivity contribution in [2.45, 2.75) is 39.5 Å². The van der Waals surface area contributed by atoms with Gasteiger partial charge in [0.15, 0.2) is 0 Å². The molecule has 0 fully saturated rings. The molecule has 0 unspecified atom stereocenters. The number of halogens is 1. The number of unbranched alkanes of at least 4 members (excludes halogenated alkanes) is 3. The second-order valence-corrected chi connectivity index (χ2v) is 5.84. The summed E-state index contributed by atoms with van der Waals surface area (Å²) in [6.07, 6.45) is 5.10. The number of rotatable bonds is 10.